The fourth-order valence-corrected chi connectivity index (χ4v) is 2.19. The molecule has 1 aromatic carbocycles. The van der Waals surface area contributed by atoms with E-state index in [4.69, 9.17) is 10.2 Å². The predicted molar refractivity (Wildman–Crippen MR) is 79.2 cm³/mol. The third-order valence-corrected chi connectivity index (χ3v) is 3.93. The van der Waals surface area contributed by atoms with E-state index in [0.29, 0.717) is 19.4 Å². The lowest BCUT2D eigenvalue weighted by Gasteiger charge is -2.14. The van der Waals surface area contributed by atoms with Crippen LogP contribution < -0.4 is 15.8 Å². The Morgan fingerprint density at radius 1 is 1.33 bits per heavy atom. The molecule has 0 fully saturated rings. The molecular formula is C13H21N3O4S. The van der Waals surface area contributed by atoms with Crippen LogP contribution in [0.4, 0.5) is 4.79 Å². The van der Waals surface area contributed by atoms with Gasteiger partial charge in [0.1, 0.15) is 0 Å². The fourth-order valence-electron chi connectivity index (χ4n) is 1.68. The lowest BCUT2D eigenvalue weighted by molar-refractivity contribution is 0.214. The van der Waals surface area contributed by atoms with Crippen molar-refractivity contribution in [2.75, 3.05) is 13.2 Å². The summed E-state index contributed by atoms with van der Waals surface area (Å²) < 4.78 is 22.2. The second-order valence-electron chi connectivity index (χ2n) is 4.63. The van der Waals surface area contributed by atoms with Crippen LogP contribution in [0.2, 0.25) is 0 Å². The van der Waals surface area contributed by atoms with Gasteiger partial charge in [-0.2, -0.15) is 0 Å². The third kappa shape index (κ3) is 6.11. The summed E-state index contributed by atoms with van der Waals surface area (Å²) in [5, 5.41) is 19.3. The van der Waals surface area contributed by atoms with Crippen LogP contribution >= 0.6 is 0 Å². The normalized spacial score (nSPS) is 12.7. The van der Waals surface area contributed by atoms with Crippen molar-refractivity contribution in [3.63, 3.8) is 0 Å². The lowest BCUT2D eigenvalue weighted by atomic mass is 10.1. The van der Waals surface area contributed by atoms with Gasteiger partial charge in [0.15, 0.2) is 0 Å². The number of aliphatic hydroxyl groups is 1. The molecule has 0 aliphatic carbocycles. The van der Waals surface area contributed by atoms with Gasteiger partial charge in [0.2, 0.25) is 10.0 Å². The number of benzene rings is 1. The maximum Gasteiger partial charge on any atom is 0.315 e. The van der Waals surface area contributed by atoms with E-state index in [1.807, 2.05) is 6.92 Å². The number of primary sulfonamides is 1. The average molecular weight is 315 g/mol. The highest BCUT2D eigenvalue weighted by Gasteiger charge is 2.09. The number of amides is 2. The number of hydrogen-bond acceptors (Lipinski definition) is 4. The van der Waals surface area contributed by atoms with Gasteiger partial charge in [-0.25, -0.2) is 18.4 Å². The topological polar surface area (TPSA) is 122 Å². The molecule has 0 spiro atoms. The molecule has 1 atom stereocenters. The zero-order chi connectivity index (χ0) is 15.9. The first-order chi connectivity index (χ1) is 9.86. The zero-order valence-electron chi connectivity index (χ0n) is 11.9. The van der Waals surface area contributed by atoms with Gasteiger partial charge in [-0.3, -0.25) is 0 Å². The van der Waals surface area contributed by atoms with E-state index in [1.165, 1.54) is 12.1 Å². The molecule has 8 heteroatoms. The van der Waals surface area contributed by atoms with Crippen LogP contribution in [0.15, 0.2) is 29.2 Å². The second kappa shape index (κ2) is 7.96. The Labute approximate surface area is 124 Å². The zero-order valence-corrected chi connectivity index (χ0v) is 12.7. The van der Waals surface area contributed by atoms with Crippen LogP contribution in [-0.2, 0) is 16.4 Å². The van der Waals surface area contributed by atoms with E-state index < -0.39 is 10.0 Å². The molecule has 0 heterocycles. The average Bonchev–Trinajstić information content (AvgIpc) is 2.44. The minimum absolute atomic E-state index is 0.0608. The Bertz CT molecular complexity index is 553. The van der Waals surface area contributed by atoms with Gasteiger partial charge >= 0.3 is 6.03 Å². The first kappa shape index (κ1) is 17.4. The molecule has 0 aromatic heterocycles. The van der Waals surface area contributed by atoms with Gasteiger partial charge < -0.3 is 15.7 Å². The molecule has 0 bridgehead atoms. The fraction of sp³-hybridized carbons (Fsp3) is 0.462. The van der Waals surface area contributed by atoms with Crippen LogP contribution in [0.5, 0.6) is 0 Å². The highest BCUT2D eigenvalue weighted by atomic mass is 32.2. The van der Waals surface area contributed by atoms with Gasteiger partial charge in [0.25, 0.3) is 0 Å². The van der Waals surface area contributed by atoms with E-state index in [1.54, 1.807) is 12.1 Å². The maximum absolute atomic E-state index is 11.5. The lowest BCUT2D eigenvalue weighted by Crippen LogP contribution is -2.44. The van der Waals surface area contributed by atoms with E-state index >= 15 is 0 Å². The first-order valence-corrected chi connectivity index (χ1v) is 8.18. The van der Waals surface area contributed by atoms with E-state index in [2.05, 4.69) is 10.6 Å². The van der Waals surface area contributed by atoms with Gasteiger partial charge in [-0.15, -0.1) is 0 Å². The first-order valence-electron chi connectivity index (χ1n) is 6.63. The van der Waals surface area contributed by atoms with Crippen molar-refractivity contribution in [2.45, 2.75) is 30.7 Å². The number of carbonyl (C=O) groups is 1. The molecule has 0 aliphatic rings. The predicted octanol–water partition coefficient (Wildman–Crippen LogP) is -0.0534. The highest BCUT2D eigenvalue weighted by Crippen LogP contribution is 2.08. The van der Waals surface area contributed by atoms with Crippen molar-refractivity contribution >= 4 is 16.1 Å². The molecular weight excluding hydrogens is 294 g/mol. The summed E-state index contributed by atoms with van der Waals surface area (Å²) in [6.07, 6.45) is 1.22. The molecule has 2 amide bonds. The molecule has 0 unspecified atom stereocenters. The minimum atomic E-state index is -3.68. The van der Waals surface area contributed by atoms with Crippen LogP contribution in [0.25, 0.3) is 0 Å². The van der Waals surface area contributed by atoms with Crippen LogP contribution in [0.1, 0.15) is 18.9 Å². The number of sulfonamides is 1. The molecule has 21 heavy (non-hydrogen) atoms. The summed E-state index contributed by atoms with van der Waals surface area (Å²) in [4.78, 5) is 11.6. The summed E-state index contributed by atoms with van der Waals surface area (Å²) in [5.41, 5.74) is 0.886. The quantitative estimate of drug-likeness (QED) is 0.563. The highest BCUT2D eigenvalue weighted by molar-refractivity contribution is 7.89. The minimum Gasteiger partial charge on any atom is -0.394 e. The van der Waals surface area contributed by atoms with Crippen molar-refractivity contribution in [3.8, 4) is 0 Å². The van der Waals surface area contributed by atoms with Crippen molar-refractivity contribution in [1.82, 2.24) is 10.6 Å². The molecule has 7 nitrogen and oxygen atoms in total. The molecule has 1 rings (SSSR count). The molecule has 0 radical (unpaired) electrons. The van der Waals surface area contributed by atoms with Gasteiger partial charge in [0, 0.05) is 6.54 Å². The number of carbonyl (C=O) groups excluding carboxylic acids is 1. The molecule has 0 saturated heterocycles. The standard InChI is InChI=1S/C13H21N3O4S/c1-2-11(9-17)16-13(18)15-8-7-10-3-5-12(6-4-10)21(14,19)20/h3-6,11,17H,2,7-9H2,1H3,(H2,14,19,20)(H2,15,16,18)/t11-/m0/s1. The number of urea groups is 1. The van der Waals surface area contributed by atoms with Crippen molar-refractivity contribution in [2.24, 2.45) is 5.14 Å². The van der Waals surface area contributed by atoms with E-state index in [0.717, 1.165) is 5.56 Å². The summed E-state index contributed by atoms with van der Waals surface area (Å²) in [5.74, 6) is 0. The largest absolute Gasteiger partial charge is 0.394 e. The molecule has 118 valence electrons. The van der Waals surface area contributed by atoms with Gasteiger partial charge in [-0.05, 0) is 30.5 Å². The second-order valence-corrected chi connectivity index (χ2v) is 6.19. The Morgan fingerprint density at radius 2 is 1.95 bits per heavy atom. The van der Waals surface area contributed by atoms with Crippen LogP contribution in [0, 0.1) is 0 Å². The van der Waals surface area contributed by atoms with E-state index in [-0.39, 0.29) is 23.6 Å². The third-order valence-electron chi connectivity index (χ3n) is 3.00. The van der Waals surface area contributed by atoms with Crippen molar-refractivity contribution in [3.05, 3.63) is 29.8 Å². The Balaban J connectivity index is 2.41. The van der Waals surface area contributed by atoms with E-state index in [9.17, 15) is 13.2 Å². The molecule has 1 aromatic rings. The molecule has 0 saturated carbocycles. The SMILES string of the molecule is CC[C@@H](CO)NC(=O)NCCc1ccc(S(N)(=O)=O)cc1. The number of nitrogens with one attached hydrogen (secondary N) is 2. The van der Waals surface area contributed by atoms with Crippen LogP contribution in [-0.4, -0.2) is 38.7 Å². The Morgan fingerprint density at radius 3 is 2.43 bits per heavy atom. The Kier molecular flexibility index (Phi) is 6.60. The number of hydrogen-bond donors (Lipinski definition) is 4. The number of aliphatic hydroxyl groups excluding tert-OH is 1. The molecule has 5 N–H and O–H groups in total. The summed E-state index contributed by atoms with van der Waals surface area (Å²) >= 11 is 0. The van der Waals surface area contributed by atoms with Crippen molar-refractivity contribution in [1.29, 1.82) is 0 Å². The summed E-state index contributed by atoms with van der Waals surface area (Å²) in [7, 11) is -3.68. The van der Waals surface area contributed by atoms with Crippen molar-refractivity contribution < 1.29 is 18.3 Å². The Hall–Kier alpha value is -1.64. The van der Waals surface area contributed by atoms with Gasteiger partial charge in [-0.1, -0.05) is 19.1 Å². The summed E-state index contributed by atoms with van der Waals surface area (Å²) in [6, 6.07) is 5.59. The number of nitrogens with two attached hydrogens (primary N) is 1. The summed E-state index contributed by atoms with van der Waals surface area (Å²) in [6.45, 7) is 2.18. The van der Waals surface area contributed by atoms with Crippen LogP contribution in [0.3, 0.4) is 0 Å². The smallest absolute Gasteiger partial charge is 0.315 e. The van der Waals surface area contributed by atoms with Gasteiger partial charge in [0.05, 0.1) is 17.5 Å². The maximum atomic E-state index is 11.5. The monoisotopic (exact) mass is 315 g/mol. The molecule has 0 aliphatic heterocycles. The number of rotatable bonds is 7.